The monoisotopic (exact) mass is 270 g/mol. The van der Waals surface area contributed by atoms with E-state index >= 15 is 0 Å². The van der Waals surface area contributed by atoms with Gasteiger partial charge in [-0.15, -0.1) is 0 Å². The Morgan fingerprint density at radius 3 is 2.50 bits per heavy atom. The Morgan fingerprint density at radius 1 is 1.44 bits per heavy atom. The molecule has 0 radical (unpaired) electrons. The topological polar surface area (TPSA) is 70.5 Å². The van der Waals surface area contributed by atoms with Crippen molar-refractivity contribution in [3.05, 3.63) is 29.0 Å². The van der Waals surface area contributed by atoms with Crippen molar-refractivity contribution in [2.75, 3.05) is 6.54 Å². The van der Waals surface area contributed by atoms with Crippen LogP contribution in [0.4, 0.5) is 0 Å². The lowest BCUT2D eigenvalue weighted by molar-refractivity contribution is -0.138. The third-order valence-electron chi connectivity index (χ3n) is 2.32. The molecule has 98 valence electrons. The van der Waals surface area contributed by atoms with E-state index in [1.807, 2.05) is 0 Å². The van der Waals surface area contributed by atoms with Gasteiger partial charge in [-0.1, -0.05) is 11.6 Å². The number of carbonyl (C=O) groups is 2. The van der Waals surface area contributed by atoms with Crippen LogP contribution in [0.25, 0.3) is 0 Å². The van der Waals surface area contributed by atoms with Crippen LogP contribution in [0.3, 0.4) is 0 Å². The van der Waals surface area contributed by atoms with Crippen molar-refractivity contribution in [3.63, 3.8) is 0 Å². The number of hydrogen-bond acceptors (Lipinski definition) is 3. The van der Waals surface area contributed by atoms with Crippen molar-refractivity contribution < 1.29 is 14.7 Å². The zero-order chi connectivity index (χ0) is 13.9. The summed E-state index contributed by atoms with van der Waals surface area (Å²) in [5, 5.41) is 9.06. The zero-order valence-electron chi connectivity index (χ0n) is 10.5. The number of aliphatic carboxylic acids is 1. The molecule has 0 bridgehead atoms. The number of nitrogens with zero attached hydrogens (tertiary/aromatic N) is 2. The quantitative estimate of drug-likeness (QED) is 0.854. The fraction of sp³-hybridized carbons (Fsp3) is 0.417. The lowest BCUT2D eigenvalue weighted by atomic mass is 10.0. The largest absolute Gasteiger partial charge is 0.480 e. The molecule has 0 fully saturated rings. The summed E-state index contributed by atoms with van der Waals surface area (Å²) in [6.07, 6.45) is 1.41. The Hall–Kier alpha value is -1.62. The predicted octanol–water partition coefficient (Wildman–Crippen LogP) is 2.06. The highest BCUT2D eigenvalue weighted by Crippen LogP contribution is 2.18. The van der Waals surface area contributed by atoms with E-state index in [0.717, 1.165) is 0 Å². The first-order valence-corrected chi connectivity index (χ1v) is 5.75. The molecular weight excluding hydrogens is 256 g/mol. The molecule has 0 atom stereocenters. The molecule has 0 aliphatic rings. The van der Waals surface area contributed by atoms with Crippen LogP contribution < -0.4 is 0 Å². The van der Waals surface area contributed by atoms with Crippen molar-refractivity contribution in [3.8, 4) is 0 Å². The molecule has 1 rings (SSSR count). The average Bonchev–Trinajstić information content (AvgIpc) is 2.23. The summed E-state index contributed by atoms with van der Waals surface area (Å²) in [5.41, 5.74) is -0.267. The first kappa shape index (κ1) is 14.4. The van der Waals surface area contributed by atoms with Gasteiger partial charge >= 0.3 is 5.97 Å². The van der Waals surface area contributed by atoms with Crippen LogP contribution in [0.15, 0.2) is 18.3 Å². The van der Waals surface area contributed by atoms with Crippen molar-refractivity contribution in [1.29, 1.82) is 0 Å². The van der Waals surface area contributed by atoms with E-state index < -0.39 is 11.5 Å². The Balaban J connectivity index is 3.06. The van der Waals surface area contributed by atoms with Crippen molar-refractivity contribution in [2.24, 2.45) is 0 Å². The first-order valence-electron chi connectivity index (χ1n) is 5.37. The number of rotatable bonds is 3. The minimum atomic E-state index is -1.06. The molecule has 0 aromatic carbocycles. The predicted molar refractivity (Wildman–Crippen MR) is 67.7 cm³/mol. The van der Waals surface area contributed by atoms with E-state index in [1.54, 1.807) is 20.8 Å². The maximum atomic E-state index is 12.3. The Labute approximate surface area is 110 Å². The Morgan fingerprint density at radius 2 is 2.06 bits per heavy atom. The smallest absolute Gasteiger partial charge is 0.323 e. The summed E-state index contributed by atoms with van der Waals surface area (Å²) in [5.74, 6) is -1.44. The van der Waals surface area contributed by atoms with Gasteiger partial charge in [-0.25, -0.2) is 4.98 Å². The molecule has 5 nitrogen and oxygen atoms in total. The van der Waals surface area contributed by atoms with Crippen LogP contribution in [0.1, 0.15) is 31.1 Å². The molecule has 0 saturated heterocycles. The maximum absolute atomic E-state index is 12.3. The van der Waals surface area contributed by atoms with Crippen molar-refractivity contribution in [2.45, 2.75) is 26.3 Å². The second-order valence-electron chi connectivity index (χ2n) is 4.82. The normalized spacial score (nSPS) is 11.1. The van der Waals surface area contributed by atoms with Crippen LogP contribution in [0, 0.1) is 0 Å². The minimum absolute atomic E-state index is 0.199. The minimum Gasteiger partial charge on any atom is -0.480 e. The highest BCUT2D eigenvalue weighted by atomic mass is 35.5. The van der Waals surface area contributed by atoms with Crippen LogP contribution >= 0.6 is 11.6 Å². The molecule has 1 aromatic rings. The molecule has 1 N–H and O–H groups in total. The number of pyridine rings is 1. The lowest BCUT2D eigenvalue weighted by Gasteiger charge is -2.34. The highest BCUT2D eigenvalue weighted by molar-refractivity contribution is 6.29. The van der Waals surface area contributed by atoms with E-state index in [9.17, 15) is 9.59 Å². The average molecular weight is 271 g/mol. The molecule has 0 aliphatic carbocycles. The van der Waals surface area contributed by atoms with Gasteiger partial charge in [0.15, 0.2) is 0 Å². The van der Waals surface area contributed by atoms with E-state index in [-0.39, 0.29) is 17.6 Å². The second-order valence-corrected chi connectivity index (χ2v) is 5.21. The molecule has 1 heterocycles. The van der Waals surface area contributed by atoms with Crippen LogP contribution in [0.2, 0.25) is 5.15 Å². The highest BCUT2D eigenvalue weighted by Gasteiger charge is 2.29. The number of hydrogen-bond donors (Lipinski definition) is 1. The van der Waals surface area contributed by atoms with Crippen LogP contribution in [0.5, 0.6) is 0 Å². The molecular formula is C12H15ClN2O3. The fourth-order valence-corrected chi connectivity index (χ4v) is 1.61. The van der Waals surface area contributed by atoms with Crippen molar-refractivity contribution >= 4 is 23.5 Å². The Bertz CT molecular complexity index is 469. The maximum Gasteiger partial charge on any atom is 0.323 e. The lowest BCUT2D eigenvalue weighted by Crippen LogP contribution is -2.48. The fourth-order valence-electron chi connectivity index (χ4n) is 1.44. The molecule has 1 aromatic heterocycles. The number of carboxylic acid groups (broad SMARTS) is 1. The van der Waals surface area contributed by atoms with Gasteiger partial charge in [-0.3, -0.25) is 9.59 Å². The van der Waals surface area contributed by atoms with Crippen molar-refractivity contribution in [1.82, 2.24) is 9.88 Å². The second kappa shape index (κ2) is 5.35. The van der Waals surface area contributed by atoms with Gasteiger partial charge in [-0.2, -0.15) is 0 Å². The van der Waals surface area contributed by atoms with Gasteiger partial charge in [0.2, 0.25) is 0 Å². The van der Waals surface area contributed by atoms with E-state index in [1.165, 1.54) is 23.2 Å². The van der Waals surface area contributed by atoms with Gasteiger partial charge in [0.25, 0.3) is 5.91 Å². The van der Waals surface area contributed by atoms with E-state index in [4.69, 9.17) is 16.7 Å². The Kier molecular flexibility index (Phi) is 4.29. The van der Waals surface area contributed by atoms with Gasteiger partial charge < -0.3 is 10.0 Å². The van der Waals surface area contributed by atoms with Gasteiger partial charge in [0, 0.05) is 17.3 Å². The summed E-state index contributed by atoms with van der Waals surface area (Å²) < 4.78 is 0. The molecule has 0 aliphatic heterocycles. The summed E-state index contributed by atoms with van der Waals surface area (Å²) >= 11 is 5.72. The van der Waals surface area contributed by atoms with Crippen LogP contribution in [-0.4, -0.2) is 39.0 Å². The number of carboxylic acids is 1. The first-order chi connectivity index (χ1) is 8.21. The molecule has 18 heavy (non-hydrogen) atoms. The SMILES string of the molecule is CC(C)(C)N(CC(=O)O)C(=O)c1ccnc(Cl)c1. The number of halogens is 1. The summed E-state index contributed by atoms with van der Waals surface area (Å²) in [6, 6.07) is 2.93. The van der Waals surface area contributed by atoms with E-state index in [2.05, 4.69) is 4.98 Å². The van der Waals surface area contributed by atoms with E-state index in [0.29, 0.717) is 5.56 Å². The summed E-state index contributed by atoms with van der Waals surface area (Å²) in [7, 11) is 0. The number of aromatic nitrogens is 1. The number of amides is 1. The zero-order valence-corrected chi connectivity index (χ0v) is 11.2. The number of carbonyl (C=O) groups excluding carboxylic acids is 1. The van der Waals surface area contributed by atoms with Gasteiger partial charge in [0.1, 0.15) is 11.7 Å². The van der Waals surface area contributed by atoms with Gasteiger partial charge in [0.05, 0.1) is 0 Å². The standard InChI is InChI=1S/C12H15ClN2O3/c1-12(2,3)15(7-10(16)17)11(18)8-4-5-14-9(13)6-8/h4-6H,7H2,1-3H3,(H,16,17). The summed E-state index contributed by atoms with van der Waals surface area (Å²) in [6.45, 7) is 4.96. The van der Waals surface area contributed by atoms with Crippen LogP contribution in [-0.2, 0) is 4.79 Å². The molecule has 0 spiro atoms. The third-order valence-corrected chi connectivity index (χ3v) is 2.53. The molecule has 6 heteroatoms. The summed E-state index contributed by atoms with van der Waals surface area (Å²) in [4.78, 5) is 28.1. The van der Waals surface area contributed by atoms with Gasteiger partial charge in [-0.05, 0) is 32.9 Å². The molecule has 0 saturated carbocycles. The molecule has 1 amide bonds. The third kappa shape index (κ3) is 3.70. The molecule has 0 unspecified atom stereocenters.